The van der Waals surface area contributed by atoms with E-state index in [-0.39, 0.29) is 0 Å². The van der Waals surface area contributed by atoms with Crippen LogP contribution in [0.15, 0.2) is 24.3 Å². The number of anilines is 1. The molecule has 0 radical (unpaired) electrons. The highest BCUT2D eigenvalue weighted by atomic mass is 16.7. The van der Waals surface area contributed by atoms with E-state index in [1.54, 1.807) is 24.3 Å². The molecule has 0 aliphatic rings. The zero-order valence-corrected chi connectivity index (χ0v) is 10.1. The van der Waals surface area contributed by atoms with Crippen molar-refractivity contribution in [2.45, 2.75) is 32.6 Å². The first kappa shape index (κ1) is 13.4. The molecule has 0 saturated heterocycles. The Hall–Kier alpha value is -1.71. The first-order chi connectivity index (χ1) is 8.22. The molecule has 0 unspecified atom stereocenters. The summed E-state index contributed by atoms with van der Waals surface area (Å²) in [5.74, 6) is 0.442. The van der Waals surface area contributed by atoms with E-state index in [2.05, 4.69) is 6.92 Å². The summed E-state index contributed by atoms with van der Waals surface area (Å²) in [4.78, 5) is 11.3. The van der Waals surface area contributed by atoms with Crippen molar-refractivity contribution >= 4 is 11.8 Å². The third-order valence-electron chi connectivity index (χ3n) is 2.30. The fourth-order valence-corrected chi connectivity index (χ4v) is 1.35. The van der Waals surface area contributed by atoms with Gasteiger partial charge in [0, 0.05) is 5.69 Å². The summed E-state index contributed by atoms with van der Waals surface area (Å²) < 4.78 is 9.89. The summed E-state index contributed by atoms with van der Waals surface area (Å²) in [5, 5.41) is 0. The number of carbonyl (C=O) groups is 1. The quantitative estimate of drug-likeness (QED) is 0.356. The van der Waals surface area contributed by atoms with E-state index >= 15 is 0 Å². The van der Waals surface area contributed by atoms with Gasteiger partial charge in [-0.1, -0.05) is 26.2 Å². The predicted molar refractivity (Wildman–Crippen MR) is 67.0 cm³/mol. The fraction of sp³-hybridized carbons (Fsp3) is 0.462. The third kappa shape index (κ3) is 5.80. The van der Waals surface area contributed by atoms with E-state index in [9.17, 15) is 4.79 Å². The summed E-state index contributed by atoms with van der Waals surface area (Å²) in [6.07, 6.45) is 3.62. The molecule has 1 rings (SSSR count). The Morgan fingerprint density at radius 1 is 1.18 bits per heavy atom. The number of unbranched alkanes of at least 4 members (excludes halogenated alkanes) is 3. The van der Waals surface area contributed by atoms with E-state index in [1.165, 1.54) is 0 Å². The van der Waals surface area contributed by atoms with Crippen LogP contribution in [0.3, 0.4) is 0 Å². The molecule has 0 atom stereocenters. The maximum absolute atomic E-state index is 11.3. The lowest BCUT2D eigenvalue weighted by atomic mass is 10.2. The molecule has 0 heterocycles. The Bertz CT molecular complexity index is 335. The van der Waals surface area contributed by atoms with Gasteiger partial charge in [-0.25, -0.2) is 4.79 Å². The second-order valence-corrected chi connectivity index (χ2v) is 3.83. The number of rotatable bonds is 6. The van der Waals surface area contributed by atoms with Crippen molar-refractivity contribution in [3.05, 3.63) is 24.3 Å². The van der Waals surface area contributed by atoms with Crippen LogP contribution in [0.1, 0.15) is 32.6 Å². The highest BCUT2D eigenvalue weighted by Gasteiger charge is 2.05. The lowest BCUT2D eigenvalue weighted by molar-refractivity contribution is 0.0973. The Balaban J connectivity index is 2.18. The van der Waals surface area contributed by atoms with Gasteiger partial charge in [-0.2, -0.15) is 0 Å². The Morgan fingerprint density at radius 2 is 1.88 bits per heavy atom. The molecular formula is C13H19NO3. The highest BCUT2D eigenvalue weighted by molar-refractivity contribution is 5.64. The maximum atomic E-state index is 11.3. The lowest BCUT2D eigenvalue weighted by Crippen LogP contribution is -2.11. The molecule has 0 spiro atoms. The van der Waals surface area contributed by atoms with Crippen LogP contribution in [-0.2, 0) is 4.74 Å². The van der Waals surface area contributed by atoms with Gasteiger partial charge in [-0.3, -0.25) is 0 Å². The second kappa shape index (κ2) is 7.54. The first-order valence-electron chi connectivity index (χ1n) is 5.92. The second-order valence-electron chi connectivity index (χ2n) is 3.83. The number of ether oxygens (including phenoxy) is 2. The van der Waals surface area contributed by atoms with Crippen molar-refractivity contribution < 1.29 is 14.3 Å². The minimum absolute atomic E-state index is 0.411. The molecule has 94 valence electrons. The largest absolute Gasteiger partial charge is 0.513 e. The number of hydrogen-bond donors (Lipinski definition) is 1. The number of nitrogens with two attached hydrogens (primary N) is 1. The van der Waals surface area contributed by atoms with E-state index in [1.807, 2.05) is 0 Å². The average molecular weight is 237 g/mol. The predicted octanol–water partition coefficient (Wildman–Crippen LogP) is 3.36. The van der Waals surface area contributed by atoms with Crippen LogP contribution in [0, 0.1) is 0 Å². The molecule has 0 fully saturated rings. The van der Waals surface area contributed by atoms with Crippen molar-refractivity contribution in [3.63, 3.8) is 0 Å². The van der Waals surface area contributed by atoms with Crippen LogP contribution in [0.5, 0.6) is 5.75 Å². The van der Waals surface area contributed by atoms with Crippen LogP contribution in [0.2, 0.25) is 0 Å². The maximum Gasteiger partial charge on any atom is 0.513 e. The van der Waals surface area contributed by atoms with Crippen LogP contribution in [0.4, 0.5) is 10.5 Å². The topological polar surface area (TPSA) is 61.5 Å². The van der Waals surface area contributed by atoms with E-state index in [4.69, 9.17) is 15.2 Å². The van der Waals surface area contributed by atoms with Crippen LogP contribution in [-0.4, -0.2) is 12.8 Å². The standard InChI is InChI=1S/C13H19NO3/c1-2-3-4-5-10-16-13(15)17-12-8-6-11(14)7-9-12/h6-9H,2-5,10,14H2,1H3. The average Bonchev–Trinajstić information content (AvgIpc) is 2.32. The molecule has 1 aromatic rings. The SMILES string of the molecule is CCCCCCOC(=O)Oc1ccc(N)cc1. The summed E-state index contributed by atoms with van der Waals surface area (Å²) in [7, 11) is 0. The lowest BCUT2D eigenvalue weighted by Gasteiger charge is -2.05. The summed E-state index contributed by atoms with van der Waals surface area (Å²) in [6, 6.07) is 6.61. The molecule has 4 nitrogen and oxygen atoms in total. The number of carbonyl (C=O) groups excluding carboxylic acids is 1. The molecule has 17 heavy (non-hydrogen) atoms. The molecule has 0 aliphatic heterocycles. The number of hydrogen-bond acceptors (Lipinski definition) is 4. The van der Waals surface area contributed by atoms with Crippen LogP contribution in [0.25, 0.3) is 0 Å². The van der Waals surface area contributed by atoms with Gasteiger partial charge in [0.05, 0.1) is 6.61 Å². The smallest absolute Gasteiger partial charge is 0.434 e. The van der Waals surface area contributed by atoms with Gasteiger partial charge in [-0.05, 0) is 30.7 Å². The van der Waals surface area contributed by atoms with Crippen molar-refractivity contribution in [3.8, 4) is 5.75 Å². The van der Waals surface area contributed by atoms with E-state index in [0.717, 1.165) is 25.7 Å². The Morgan fingerprint density at radius 3 is 2.53 bits per heavy atom. The van der Waals surface area contributed by atoms with E-state index in [0.29, 0.717) is 18.0 Å². The zero-order valence-electron chi connectivity index (χ0n) is 10.1. The van der Waals surface area contributed by atoms with Gasteiger partial charge in [0.1, 0.15) is 5.75 Å². The number of nitrogen functional groups attached to an aromatic ring is 1. The summed E-state index contributed by atoms with van der Waals surface area (Å²) in [5.41, 5.74) is 6.14. The van der Waals surface area contributed by atoms with Crippen molar-refractivity contribution in [2.24, 2.45) is 0 Å². The van der Waals surface area contributed by atoms with Gasteiger partial charge in [0.25, 0.3) is 0 Å². The molecule has 0 aromatic heterocycles. The van der Waals surface area contributed by atoms with Crippen molar-refractivity contribution in [2.75, 3.05) is 12.3 Å². The van der Waals surface area contributed by atoms with Gasteiger partial charge < -0.3 is 15.2 Å². The molecule has 4 heteroatoms. The van der Waals surface area contributed by atoms with Crippen molar-refractivity contribution in [1.82, 2.24) is 0 Å². The van der Waals surface area contributed by atoms with Gasteiger partial charge >= 0.3 is 6.16 Å². The van der Waals surface area contributed by atoms with Gasteiger partial charge in [-0.15, -0.1) is 0 Å². The minimum Gasteiger partial charge on any atom is -0.434 e. The normalized spacial score (nSPS) is 9.94. The summed E-state index contributed by atoms with van der Waals surface area (Å²) >= 11 is 0. The van der Waals surface area contributed by atoms with Gasteiger partial charge in [0.2, 0.25) is 0 Å². The molecule has 0 saturated carbocycles. The molecule has 0 aliphatic carbocycles. The first-order valence-corrected chi connectivity index (χ1v) is 5.92. The highest BCUT2D eigenvalue weighted by Crippen LogP contribution is 2.13. The van der Waals surface area contributed by atoms with Gasteiger partial charge in [0.15, 0.2) is 0 Å². The molecule has 2 N–H and O–H groups in total. The molecule has 1 aromatic carbocycles. The minimum atomic E-state index is -0.661. The van der Waals surface area contributed by atoms with Crippen molar-refractivity contribution in [1.29, 1.82) is 0 Å². The summed E-state index contributed by atoms with van der Waals surface area (Å²) in [6.45, 7) is 2.55. The monoisotopic (exact) mass is 237 g/mol. The van der Waals surface area contributed by atoms with E-state index < -0.39 is 6.16 Å². The zero-order chi connectivity index (χ0) is 12.5. The fourth-order valence-electron chi connectivity index (χ4n) is 1.35. The van der Waals surface area contributed by atoms with Crippen LogP contribution >= 0.6 is 0 Å². The Kier molecular flexibility index (Phi) is 5.93. The Labute approximate surface area is 102 Å². The molecule has 0 amide bonds. The molecular weight excluding hydrogens is 218 g/mol. The third-order valence-corrected chi connectivity index (χ3v) is 2.30. The van der Waals surface area contributed by atoms with Crippen LogP contribution < -0.4 is 10.5 Å². The number of benzene rings is 1. The molecule has 0 bridgehead atoms.